The van der Waals surface area contributed by atoms with Gasteiger partial charge in [0.1, 0.15) is 0 Å². The summed E-state index contributed by atoms with van der Waals surface area (Å²) >= 11 is 0. The fourth-order valence-electron chi connectivity index (χ4n) is 2.06. The van der Waals surface area contributed by atoms with Gasteiger partial charge in [0.15, 0.2) is 0 Å². The van der Waals surface area contributed by atoms with Crippen molar-refractivity contribution in [3.63, 3.8) is 0 Å². The van der Waals surface area contributed by atoms with E-state index >= 15 is 0 Å². The van der Waals surface area contributed by atoms with Crippen LogP contribution < -0.4 is 16.2 Å². The zero-order chi connectivity index (χ0) is 17.9. The average molecular weight is 336 g/mol. The first-order chi connectivity index (χ1) is 12.2. The van der Waals surface area contributed by atoms with Crippen LogP contribution in [0.1, 0.15) is 34.8 Å². The van der Waals surface area contributed by atoms with Crippen LogP contribution in [0.4, 0.5) is 0 Å². The SMILES string of the molecule is C=C(/C=C/c1cccnc1)NCc1ccc(C(=O)NNCCC)cc1. The van der Waals surface area contributed by atoms with E-state index in [9.17, 15) is 4.79 Å². The molecule has 1 aromatic heterocycles. The molecule has 5 nitrogen and oxygen atoms in total. The van der Waals surface area contributed by atoms with Gasteiger partial charge in [-0.15, -0.1) is 0 Å². The third-order valence-corrected chi connectivity index (χ3v) is 3.47. The van der Waals surface area contributed by atoms with Crippen LogP contribution in [-0.2, 0) is 6.54 Å². The van der Waals surface area contributed by atoms with E-state index < -0.39 is 0 Å². The zero-order valence-electron chi connectivity index (χ0n) is 14.5. The van der Waals surface area contributed by atoms with E-state index in [0.29, 0.717) is 12.1 Å². The molecule has 2 rings (SSSR count). The maximum atomic E-state index is 11.9. The highest BCUT2D eigenvalue weighted by molar-refractivity contribution is 5.93. The van der Waals surface area contributed by atoms with Crippen molar-refractivity contribution < 1.29 is 4.79 Å². The number of allylic oxidation sites excluding steroid dienone is 1. The lowest BCUT2D eigenvalue weighted by molar-refractivity contribution is 0.0933. The minimum atomic E-state index is -0.128. The molecule has 0 unspecified atom stereocenters. The Bertz CT molecular complexity index is 708. The Balaban J connectivity index is 1.80. The molecule has 0 saturated carbocycles. The van der Waals surface area contributed by atoms with Crippen molar-refractivity contribution in [1.82, 2.24) is 21.2 Å². The fourth-order valence-corrected chi connectivity index (χ4v) is 2.06. The molecule has 1 heterocycles. The molecule has 5 heteroatoms. The summed E-state index contributed by atoms with van der Waals surface area (Å²) in [5, 5.41) is 3.25. The lowest BCUT2D eigenvalue weighted by Gasteiger charge is -2.08. The molecule has 3 N–H and O–H groups in total. The standard InChI is InChI=1S/C20H24N4O/c1-3-12-23-24-20(25)19-10-8-18(9-11-19)15-22-16(2)6-7-17-5-4-13-21-14-17/h4-11,13-14,22-23H,2-3,12,15H2,1H3,(H,24,25)/b7-6+. The molecule has 0 aliphatic rings. The van der Waals surface area contributed by atoms with Gasteiger partial charge in [0, 0.05) is 36.7 Å². The van der Waals surface area contributed by atoms with Crippen molar-refractivity contribution in [2.75, 3.05) is 6.54 Å². The molecule has 0 aliphatic heterocycles. The number of rotatable bonds is 9. The minimum Gasteiger partial charge on any atom is -0.381 e. The summed E-state index contributed by atoms with van der Waals surface area (Å²) in [5.41, 5.74) is 9.09. The van der Waals surface area contributed by atoms with E-state index in [1.165, 1.54) is 0 Å². The van der Waals surface area contributed by atoms with Crippen molar-refractivity contribution >= 4 is 12.0 Å². The number of pyridine rings is 1. The molecule has 0 fully saturated rings. The topological polar surface area (TPSA) is 66.0 Å². The van der Waals surface area contributed by atoms with Crippen LogP contribution in [0, 0.1) is 0 Å². The van der Waals surface area contributed by atoms with E-state index in [1.807, 2.05) is 55.5 Å². The van der Waals surface area contributed by atoms with Crippen molar-refractivity contribution in [3.05, 3.63) is 83.8 Å². The largest absolute Gasteiger partial charge is 0.381 e. The summed E-state index contributed by atoms with van der Waals surface area (Å²) in [5.74, 6) is -0.128. The average Bonchev–Trinajstić information content (AvgIpc) is 2.66. The summed E-state index contributed by atoms with van der Waals surface area (Å²) in [6.45, 7) is 7.42. The highest BCUT2D eigenvalue weighted by Gasteiger charge is 2.04. The smallest absolute Gasteiger partial charge is 0.265 e. The number of nitrogens with zero attached hydrogens (tertiary/aromatic N) is 1. The molecule has 0 saturated heterocycles. The van der Waals surface area contributed by atoms with Crippen LogP contribution in [0.2, 0.25) is 0 Å². The van der Waals surface area contributed by atoms with Crippen molar-refractivity contribution in [1.29, 1.82) is 0 Å². The fraction of sp³-hybridized carbons (Fsp3) is 0.200. The molecule has 2 aromatic rings. The third kappa shape index (κ3) is 6.61. The minimum absolute atomic E-state index is 0.128. The Morgan fingerprint density at radius 2 is 2.04 bits per heavy atom. The van der Waals surface area contributed by atoms with Gasteiger partial charge in [0.25, 0.3) is 5.91 Å². The van der Waals surface area contributed by atoms with Crippen LogP contribution >= 0.6 is 0 Å². The summed E-state index contributed by atoms with van der Waals surface area (Å²) in [6.07, 6.45) is 8.37. The number of hydrazine groups is 1. The quantitative estimate of drug-likeness (QED) is 0.374. The highest BCUT2D eigenvalue weighted by atomic mass is 16.2. The molecular weight excluding hydrogens is 312 g/mol. The lowest BCUT2D eigenvalue weighted by atomic mass is 10.1. The van der Waals surface area contributed by atoms with Gasteiger partial charge in [-0.3, -0.25) is 15.2 Å². The van der Waals surface area contributed by atoms with Crippen LogP contribution in [0.5, 0.6) is 0 Å². The van der Waals surface area contributed by atoms with Gasteiger partial charge in [0.05, 0.1) is 0 Å². The number of hydrogen-bond acceptors (Lipinski definition) is 4. The molecule has 0 atom stereocenters. The maximum Gasteiger partial charge on any atom is 0.265 e. The molecule has 0 spiro atoms. The molecule has 1 aromatic carbocycles. The zero-order valence-corrected chi connectivity index (χ0v) is 14.5. The van der Waals surface area contributed by atoms with Gasteiger partial charge in [0.2, 0.25) is 0 Å². The summed E-state index contributed by atoms with van der Waals surface area (Å²) in [7, 11) is 0. The molecule has 0 radical (unpaired) electrons. The molecule has 0 aliphatic carbocycles. The monoisotopic (exact) mass is 336 g/mol. The van der Waals surface area contributed by atoms with E-state index in [-0.39, 0.29) is 5.91 Å². The second-order valence-corrected chi connectivity index (χ2v) is 5.58. The number of aromatic nitrogens is 1. The lowest BCUT2D eigenvalue weighted by Crippen LogP contribution is -2.37. The third-order valence-electron chi connectivity index (χ3n) is 3.47. The first-order valence-corrected chi connectivity index (χ1v) is 8.32. The van der Waals surface area contributed by atoms with Crippen molar-refractivity contribution in [2.24, 2.45) is 0 Å². The number of hydrogen-bond donors (Lipinski definition) is 3. The van der Waals surface area contributed by atoms with Gasteiger partial charge in [-0.2, -0.15) is 0 Å². The Hall–Kier alpha value is -2.92. The first-order valence-electron chi connectivity index (χ1n) is 8.32. The number of amides is 1. The van der Waals surface area contributed by atoms with Crippen LogP contribution in [0.3, 0.4) is 0 Å². The molecule has 0 bridgehead atoms. The van der Waals surface area contributed by atoms with Crippen molar-refractivity contribution in [2.45, 2.75) is 19.9 Å². The Morgan fingerprint density at radius 1 is 1.24 bits per heavy atom. The number of carbonyl (C=O) groups is 1. The number of benzene rings is 1. The van der Waals surface area contributed by atoms with Crippen LogP contribution in [0.15, 0.2) is 67.1 Å². The van der Waals surface area contributed by atoms with Crippen molar-refractivity contribution in [3.8, 4) is 0 Å². The number of nitrogens with one attached hydrogen (secondary N) is 3. The molecular formula is C20H24N4O. The molecule has 25 heavy (non-hydrogen) atoms. The second-order valence-electron chi connectivity index (χ2n) is 5.58. The van der Waals surface area contributed by atoms with E-state index in [2.05, 4.69) is 27.7 Å². The second kappa shape index (κ2) is 10.1. The van der Waals surface area contributed by atoms with Gasteiger partial charge < -0.3 is 5.32 Å². The van der Waals surface area contributed by atoms with Gasteiger partial charge in [-0.05, 0) is 41.8 Å². The summed E-state index contributed by atoms with van der Waals surface area (Å²) in [6, 6.07) is 11.4. The van der Waals surface area contributed by atoms with Crippen LogP contribution in [0.25, 0.3) is 6.08 Å². The van der Waals surface area contributed by atoms with Gasteiger partial charge >= 0.3 is 0 Å². The summed E-state index contributed by atoms with van der Waals surface area (Å²) in [4.78, 5) is 16.0. The predicted octanol–water partition coefficient (Wildman–Crippen LogP) is 3.04. The Kier molecular flexibility index (Phi) is 7.41. The first kappa shape index (κ1) is 18.4. The summed E-state index contributed by atoms with van der Waals surface area (Å²) < 4.78 is 0. The van der Waals surface area contributed by atoms with Crippen LogP contribution in [-0.4, -0.2) is 17.4 Å². The normalized spacial score (nSPS) is 10.6. The predicted molar refractivity (Wildman–Crippen MR) is 101 cm³/mol. The van der Waals surface area contributed by atoms with E-state index in [4.69, 9.17) is 0 Å². The highest BCUT2D eigenvalue weighted by Crippen LogP contribution is 2.06. The molecule has 1 amide bonds. The van der Waals surface area contributed by atoms with Gasteiger partial charge in [-0.25, -0.2) is 5.43 Å². The number of carbonyl (C=O) groups excluding carboxylic acids is 1. The Morgan fingerprint density at radius 3 is 2.72 bits per heavy atom. The maximum absolute atomic E-state index is 11.9. The van der Waals surface area contributed by atoms with E-state index in [1.54, 1.807) is 12.4 Å². The Labute approximate surface area is 148 Å². The van der Waals surface area contributed by atoms with E-state index in [0.717, 1.165) is 29.8 Å². The van der Waals surface area contributed by atoms with Gasteiger partial charge in [-0.1, -0.05) is 37.8 Å². The molecule has 130 valence electrons.